The molecule has 0 unspecified atom stereocenters. The minimum atomic E-state index is -0.643. The van der Waals surface area contributed by atoms with Gasteiger partial charge in [0, 0.05) is 18.6 Å². The third-order valence-corrected chi connectivity index (χ3v) is 3.85. The number of carbonyl (C=O) groups is 3. The van der Waals surface area contributed by atoms with Crippen LogP contribution in [-0.4, -0.2) is 31.1 Å². The molecular weight excluding hydrogens is 448 g/mol. The van der Waals surface area contributed by atoms with Crippen LogP contribution in [-0.2, 0) is 23.8 Å². The lowest BCUT2D eigenvalue weighted by Crippen LogP contribution is -2.07. The molecule has 0 aliphatic heterocycles. The zero-order valence-corrected chi connectivity index (χ0v) is 19.4. The quantitative estimate of drug-likeness (QED) is 0.0845. The second kappa shape index (κ2) is 16.0. The molecule has 1 aromatic rings. The lowest BCUT2D eigenvalue weighted by molar-refractivity contribution is -0.138. The third kappa shape index (κ3) is 12.8. The molecule has 0 radical (unpaired) electrons. The van der Waals surface area contributed by atoms with Crippen LogP contribution in [0.4, 0.5) is 0 Å². The van der Waals surface area contributed by atoms with Crippen LogP contribution in [0, 0.1) is 0 Å². The number of esters is 3. The van der Waals surface area contributed by atoms with E-state index in [0.717, 1.165) is 6.08 Å². The van der Waals surface area contributed by atoms with E-state index in [0.29, 0.717) is 24.4 Å². The van der Waals surface area contributed by atoms with Gasteiger partial charge in [0.25, 0.3) is 0 Å². The van der Waals surface area contributed by atoms with Crippen LogP contribution in [0.3, 0.4) is 0 Å². The second-order valence-corrected chi connectivity index (χ2v) is 6.68. The van der Waals surface area contributed by atoms with Gasteiger partial charge >= 0.3 is 17.9 Å². The van der Waals surface area contributed by atoms with Crippen molar-refractivity contribution in [2.75, 3.05) is 13.2 Å². The van der Waals surface area contributed by atoms with Gasteiger partial charge in [0.05, 0.1) is 18.8 Å². The van der Waals surface area contributed by atoms with Crippen molar-refractivity contribution in [1.82, 2.24) is 0 Å². The van der Waals surface area contributed by atoms with Crippen LogP contribution < -0.4 is 4.74 Å². The molecule has 0 aromatic heterocycles. The Balaban J connectivity index is 2.44. The van der Waals surface area contributed by atoms with Crippen molar-refractivity contribution in [1.29, 1.82) is 0 Å². The fourth-order valence-electron chi connectivity index (χ4n) is 2.19. The molecule has 0 bridgehead atoms. The molecule has 0 N–H and O–H groups in total. The predicted octanol–water partition coefficient (Wildman–Crippen LogP) is 5.32. The van der Waals surface area contributed by atoms with Crippen molar-refractivity contribution >= 4 is 17.9 Å². The molecule has 1 aromatic carbocycles. The number of ether oxygens (including phenoxy) is 4. The maximum absolute atomic E-state index is 12.3. The highest BCUT2D eigenvalue weighted by molar-refractivity contribution is 5.90. The van der Waals surface area contributed by atoms with Crippen molar-refractivity contribution in [2.24, 2.45) is 0 Å². The van der Waals surface area contributed by atoms with E-state index >= 15 is 0 Å². The summed E-state index contributed by atoms with van der Waals surface area (Å²) >= 11 is 0. The predicted molar refractivity (Wildman–Crippen MR) is 134 cm³/mol. The molecule has 0 atom stereocenters. The first-order valence-corrected chi connectivity index (χ1v) is 10.4. The van der Waals surface area contributed by atoms with E-state index in [-0.39, 0.29) is 23.7 Å². The molecule has 0 amide bonds. The summed E-state index contributed by atoms with van der Waals surface area (Å²) in [4.78, 5) is 35.0. The number of allylic oxidation sites excluding steroid dienone is 7. The van der Waals surface area contributed by atoms with Gasteiger partial charge in [-0.2, -0.15) is 0 Å². The van der Waals surface area contributed by atoms with Crippen LogP contribution in [0.2, 0.25) is 0 Å². The molecule has 7 heteroatoms. The summed E-state index contributed by atoms with van der Waals surface area (Å²) in [6, 6.07) is 6.30. The number of carbonyl (C=O) groups excluding carboxylic acids is 3. The van der Waals surface area contributed by atoms with Crippen LogP contribution in [0.5, 0.6) is 5.75 Å². The largest absolute Gasteiger partial charge is 0.493 e. The molecular formula is C28H28O7. The van der Waals surface area contributed by atoms with Gasteiger partial charge in [0.15, 0.2) is 0 Å². The molecule has 35 heavy (non-hydrogen) atoms. The van der Waals surface area contributed by atoms with E-state index in [1.807, 2.05) is 0 Å². The molecule has 1 rings (SSSR count). The summed E-state index contributed by atoms with van der Waals surface area (Å²) in [7, 11) is 0. The number of hydrogen-bond acceptors (Lipinski definition) is 7. The Morgan fingerprint density at radius 1 is 0.771 bits per heavy atom. The minimum Gasteiger partial charge on any atom is -0.493 e. The molecule has 0 saturated heterocycles. The van der Waals surface area contributed by atoms with Crippen molar-refractivity contribution in [3.05, 3.63) is 128 Å². The van der Waals surface area contributed by atoms with Gasteiger partial charge in [-0.3, -0.25) is 0 Å². The summed E-state index contributed by atoms with van der Waals surface area (Å²) in [6.07, 6.45) is 11.9. The first-order chi connectivity index (χ1) is 16.7. The standard InChI is InChI=1S/C28H28O7/c1-6-8-10-21(3)11-18-27(30)34-22(4)12-13-23(5)35-28(31)24-14-16-25(17-15-24)32-19-9-20-33-26(29)7-2/h6-8,10-18H,1-5,9,19-20H2/b10-8-,13-12-,18-11+. The van der Waals surface area contributed by atoms with E-state index in [2.05, 4.69) is 32.9 Å². The van der Waals surface area contributed by atoms with Gasteiger partial charge in [-0.25, -0.2) is 14.4 Å². The van der Waals surface area contributed by atoms with Crippen molar-refractivity contribution in [3.63, 3.8) is 0 Å². The average Bonchev–Trinajstić information content (AvgIpc) is 2.84. The Labute approximate surface area is 205 Å². The summed E-state index contributed by atoms with van der Waals surface area (Å²) in [5.74, 6) is -1.15. The normalized spacial score (nSPS) is 10.6. The summed E-state index contributed by atoms with van der Waals surface area (Å²) in [5, 5.41) is 0. The maximum Gasteiger partial charge on any atom is 0.343 e. The first kappa shape index (κ1) is 28.4. The van der Waals surface area contributed by atoms with E-state index in [1.54, 1.807) is 30.4 Å². The van der Waals surface area contributed by atoms with Gasteiger partial charge in [-0.15, -0.1) is 0 Å². The molecule has 0 aliphatic carbocycles. The van der Waals surface area contributed by atoms with Crippen LogP contribution >= 0.6 is 0 Å². The smallest absolute Gasteiger partial charge is 0.343 e. The van der Waals surface area contributed by atoms with Crippen LogP contribution in [0.25, 0.3) is 0 Å². The highest BCUT2D eigenvalue weighted by Gasteiger charge is 2.09. The SMILES string of the molecule is C=C/C=C\C(=C)/C=C/C(=O)OC(=C)/C=C\C(=C)OC(=O)c1ccc(OCCCOC(=O)C=C)cc1. The Hall–Kier alpha value is -4.65. The van der Waals surface area contributed by atoms with Crippen molar-refractivity contribution < 1.29 is 33.3 Å². The van der Waals surface area contributed by atoms with Gasteiger partial charge in [-0.05, 0) is 48.1 Å². The second-order valence-electron chi connectivity index (χ2n) is 6.68. The zero-order chi connectivity index (χ0) is 26.1. The number of benzene rings is 1. The fraction of sp³-hybridized carbons (Fsp3) is 0.107. The van der Waals surface area contributed by atoms with Gasteiger partial charge in [-0.1, -0.05) is 51.1 Å². The summed E-state index contributed by atoms with van der Waals surface area (Å²) in [6.45, 7) is 18.4. The zero-order valence-electron chi connectivity index (χ0n) is 19.4. The lowest BCUT2D eigenvalue weighted by Gasteiger charge is -2.08. The molecule has 0 aliphatic rings. The van der Waals surface area contributed by atoms with Gasteiger partial charge in [0.2, 0.25) is 0 Å². The van der Waals surface area contributed by atoms with Gasteiger partial charge < -0.3 is 18.9 Å². The van der Waals surface area contributed by atoms with Crippen molar-refractivity contribution in [3.8, 4) is 5.75 Å². The first-order valence-electron chi connectivity index (χ1n) is 10.4. The molecule has 0 heterocycles. The Bertz CT molecular complexity index is 1050. The monoisotopic (exact) mass is 476 g/mol. The van der Waals surface area contributed by atoms with E-state index < -0.39 is 17.9 Å². The average molecular weight is 477 g/mol. The Morgan fingerprint density at radius 2 is 1.43 bits per heavy atom. The molecule has 7 nitrogen and oxygen atoms in total. The molecule has 0 saturated carbocycles. The Morgan fingerprint density at radius 3 is 2.06 bits per heavy atom. The van der Waals surface area contributed by atoms with Crippen LogP contribution in [0.1, 0.15) is 16.8 Å². The topological polar surface area (TPSA) is 88.1 Å². The van der Waals surface area contributed by atoms with Crippen LogP contribution in [0.15, 0.2) is 123 Å². The third-order valence-electron chi connectivity index (χ3n) is 3.85. The van der Waals surface area contributed by atoms with E-state index in [9.17, 15) is 14.4 Å². The van der Waals surface area contributed by atoms with E-state index in [1.165, 1.54) is 36.4 Å². The van der Waals surface area contributed by atoms with Crippen molar-refractivity contribution in [2.45, 2.75) is 6.42 Å². The number of hydrogen-bond donors (Lipinski definition) is 0. The minimum absolute atomic E-state index is 0.0279. The maximum atomic E-state index is 12.3. The molecule has 182 valence electrons. The Kier molecular flexibility index (Phi) is 13.0. The summed E-state index contributed by atoms with van der Waals surface area (Å²) in [5.41, 5.74) is 0.877. The molecule has 0 spiro atoms. The highest BCUT2D eigenvalue weighted by atomic mass is 16.5. The summed E-state index contributed by atoms with van der Waals surface area (Å²) < 4.78 is 20.5. The highest BCUT2D eigenvalue weighted by Crippen LogP contribution is 2.15. The lowest BCUT2D eigenvalue weighted by atomic mass is 10.2. The number of rotatable bonds is 15. The van der Waals surface area contributed by atoms with Gasteiger partial charge in [0.1, 0.15) is 17.3 Å². The fourth-order valence-corrected chi connectivity index (χ4v) is 2.19. The molecule has 0 fully saturated rings. The van der Waals surface area contributed by atoms with E-state index in [4.69, 9.17) is 18.9 Å².